The average molecular weight is 271 g/mol. The Balaban J connectivity index is 2.63. The van der Waals surface area contributed by atoms with Crippen molar-refractivity contribution in [3.05, 3.63) is 29.6 Å². The first-order valence-electron chi connectivity index (χ1n) is 5.76. The Kier molecular flexibility index (Phi) is 5.16. The molecule has 5 heteroatoms. The molecule has 0 heterocycles. The van der Waals surface area contributed by atoms with E-state index in [1.165, 1.54) is 18.2 Å². The maximum Gasteiger partial charge on any atom is 0.251 e. The standard InChI is InChI=1S/C13H18FNO2S/c1-4-17-13(2,3)8-15-12(16)9-5-6-10(14)11(18)7-9/h5-7,18H,4,8H2,1-3H3,(H,15,16). The van der Waals surface area contributed by atoms with Crippen LogP contribution in [0.5, 0.6) is 0 Å². The fraction of sp³-hybridized carbons (Fsp3) is 0.462. The van der Waals surface area contributed by atoms with Crippen molar-refractivity contribution in [1.82, 2.24) is 5.32 Å². The number of carbonyl (C=O) groups excluding carboxylic acids is 1. The molecule has 1 rings (SSSR count). The van der Waals surface area contributed by atoms with Crippen molar-refractivity contribution in [1.29, 1.82) is 0 Å². The lowest BCUT2D eigenvalue weighted by molar-refractivity contribution is -0.00815. The molecular weight excluding hydrogens is 253 g/mol. The fourth-order valence-electron chi connectivity index (χ4n) is 1.49. The fourth-order valence-corrected chi connectivity index (χ4v) is 1.70. The first kappa shape index (κ1) is 15.0. The zero-order valence-corrected chi connectivity index (χ0v) is 11.7. The molecule has 0 saturated heterocycles. The molecule has 0 aromatic heterocycles. The number of ether oxygens (including phenoxy) is 1. The van der Waals surface area contributed by atoms with Gasteiger partial charge in [-0.1, -0.05) is 0 Å². The summed E-state index contributed by atoms with van der Waals surface area (Å²) in [5.41, 5.74) is -0.0393. The summed E-state index contributed by atoms with van der Waals surface area (Å²) in [6.07, 6.45) is 0. The highest BCUT2D eigenvalue weighted by Gasteiger charge is 2.19. The van der Waals surface area contributed by atoms with Crippen LogP contribution in [0, 0.1) is 5.82 Å². The summed E-state index contributed by atoms with van der Waals surface area (Å²) in [6.45, 7) is 6.66. The topological polar surface area (TPSA) is 38.3 Å². The lowest BCUT2D eigenvalue weighted by Crippen LogP contribution is -2.40. The zero-order chi connectivity index (χ0) is 13.8. The van der Waals surface area contributed by atoms with E-state index in [0.29, 0.717) is 18.7 Å². The highest BCUT2D eigenvalue weighted by molar-refractivity contribution is 7.80. The number of hydrogen-bond acceptors (Lipinski definition) is 3. The third kappa shape index (κ3) is 4.31. The number of amides is 1. The van der Waals surface area contributed by atoms with E-state index in [4.69, 9.17) is 4.74 Å². The van der Waals surface area contributed by atoms with Gasteiger partial charge in [-0.2, -0.15) is 0 Å². The van der Waals surface area contributed by atoms with Crippen molar-refractivity contribution in [2.45, 2.75) is 31.3 Å². The molecule has 18 heavy (non-hydrogen) atoms. The average Bonchev–Trinajstić information content (AvgIpc) is 2.30. The van der Waals surface area contributed by atoms with Crippen molar-refractivity contribution >= 4 is 18.5 Å². The molecule has 0 unspecified atom stereocenters. The van der Waals surface area contributed by atoms with Gasteiger partial charge in [0.25, 0.3) is 5.91 Å². The number of nitrogens with one attached hydrogen (secondary N) is 1. The summed E-state index contributed by atoms with van der Waals surface area (Å²) in [7, 11) is 0. The van der Waals surface area contributed by atoms with Crippen LogP contribution in [0.1, 0.15) is 31.1 Å². The van der Waals surface area contributed by atoms with Gasteiger partial charge in [-0.3, -0.25) is 4.79 Å². The first-order valence-corrected chi connectivity index (χ1v) is 6.21. The van der Waals surface area contributed by atoms with Crippen LogP contribution in [0.25, 0.3) is 0 Å². The van der Waals surface area contributed by atoms with Gasteiger partial charge in [-0.25, -0.2) is 4.39 Å². The van der Waals surface area contributed by atoms with Crippen LogP contribution in [0.2, 0.25) is 0 Å². The molecule has 0 saturated carbocycles. The van der Waals surface area contributed by atoms with E-state index >= 15 is 0 Å². The number of benzene rings is 1. The van der Waals surface area contributed by atoms with E-state index in [1.54, 1.807) is 0 Å². The quantitative estimate of drug-likeness (QED) is 0.808. The van der Waals surface area contributed by atoms with Crippen LogP contribution in [0.15, 0.2) is 23.1 Å². The van der Waals surface area contributed by atoms with Gasteiger partial charge < -0.3 is 10.1 Å². The van der Waals surface area contributed by atoms with Crippen molar-refractivity contribution in [3.63, 3.8) is 0 Å². The molecule has 1 amide bonds. The van der Waals surface area contributed by atoms with E-state index in [-0.39, 0.29) is 10.8 Å². The molecule has 1 N–H and O–H groups in total. The van der Waals surface area contributed by atoms with Gasteiger partial charge in [0, 0.05) is 23.6 Å². The van der Waals surface area contributed by atoms with Crippen LogP contribution in [-0.4, -0.2) is 24.7 Å². The second-order valence-corrected chi connectivity index (χ2v) is 5.02. The van der Waals surface area contributed by atoms with Gasteiger partial charge >= 0.3 is 0 Å². The molecule has 1 aromatic carbocycles. The van der Waals surface area contributed by atoms with Crippen molar-refractivity contribution in [2.75, 3.05) is 13.2 Å². The molecule has 3 nitrogen and oxygen atoms in total. The number of carbonyl (C=O) groups is 1. The van der Waals surface area contributed by atoms with Crippen molar-refractivity contribution in [3.8, 4) is 0 Å². The molecule has 100 valence electrons. The minimum absolute atomic E-state index is 0.159. The highest BCUT2D eigenvalue weighted by Crippen LogP contribution is 2.14. The Morgan fingerprint density at radius 3 is 2.72 bits per heavy atom. The minimum Gasteiger partial charge on any atom is -0.374 e. The highest BCUT2D eigenvalue weighted by atomic mass is 32.1. The van der Waals surface area contributed by atoms with E-state index in [0.717, 1.165) is 0 Å². The second-order valence-electron chi connectivity index (χ2n) is 4.54. The molecule has 0 aliphatic carbocycles. The molecule has 0 radical (unpaired) electrons. The summed E-state index contributed by atoms with van der Waals surface area (Å²) in [6, 6.07) is 4.06. The molecule has 1 aromatic rings. The van der Waals surface area contributed by atoms with Gasteiger partial charge in [-0.15, -0.1) is 12.6 Å². The monoisotopic (exact) mass is 271 g/mol. The predicted octanol–water partition coefficient (Wildman–Crippen LogP) is 2.66. The first-order chi connectivity index (χ1) is 8.35. The smallest absolute Gasteiger partial charge is 0.251 e. The molecule has 0 spiro atoms. The van der Waals surface area contributed by atoms with Crippen LogP contribution in [-0.2, 0) is 4.74 Å². The van der Waals surface area contributed by atoms with E-state index in [2.05, 4.69) is 17.9 Å². The Hall–Kier alpha value is -1.07. The number of hydrogen-bond donors (Lipinski definition) is 2. The van der Waals surface area contributed by atoms with Gasteiger partial charge in [0.05, 0.1) is 5.60 Å². The van der Waals surface area contributed by atoms with Crippen LogP contribution in [0.4, 0.5) is 4.39 Å². The molecule has 0 atom stereocenters. The van der Waals surface area contributed by atoms with Crippen molar-refractivity contribution < 1.29 is 13.9 Å². The van der Waals surface area contributed by atoms with Crippen LogP contribution in [0.3, 0.4) is 0 Å². The third-order valence-electron chi connectivity index (χ3n) is 2.42. The molecule has 0 aliphatic heterocycles. The largest absolute Gasteiger partial charge is 0.374 e. The van der Waals surface area contributed by atoms with E-state index in [1.807, 2.05) is 20.8 Å². The molecule has 0 bridgehead atoms. The van der Waals surface area contributed by atoms with Crippen molar-refractivity contribution in [2.24, 2.45) is 0 Å². The Bertz CT molecular complexity index is 435. The molecule has 0 fully saturated rings. The van der Waals surface area contributed by atoms with Gasteiger partial charge in [0.15, 0.2) is 0 Å². The summed E-state index contributed by atoms with van der Waals surface area (Å²) in [5, 5.41) is 2.75. The van der Waals surface area contributed by atoms with E-state index in [9.17, 15) is 9.18 Å². The zero-order valence-electron chi connectivity index (χ0n) is 10.8. The second kappa shape index (κ2) is 6.20. The van der Waals surface area contributed by atoms with Gasteiger partial charge in [0.2, 0.25) is 0 Å². The molecular formula is C13H18FNO2S. The van der Waals surface area contributed by atoms with Crippen LogP contribution >= 0.6 is 12.6 Å². The molecule has 0 aliphatic rings. The maximum atomic E-state index is 13.0. The lowest BCUT2D eigenvalue weighted by Gasteiger charge is -2.24. The number of thiol groups is 1. The normalized spacial score (nSPS) is 11.4. The third-order valence-corrected chi connectivity index (χ3v) is 2.76. The summed E-state index contributed by atoms with van der Waals surface area (Å²) < 4.78 is 18.5. The maximum absolute atomic E-state index is 13.0. The van der Waals surface area contributed by atoms with Gasteiger partial charge in [-0.05, 0) is 39.0 Å². The SMILES string of the molecule is CCOC(C)(C)CNC(=O)c1ccc(F)c(S)c1. The summed E-state index contributed by atoms with van der Waals surface area (Å²) in [5.74, 6) is -0.706. The summed E-state index contributed by atoms with van der Waals surface area (Å²) in [4.78, 5) is 12.0. The Morgan fingerprint density at radius 1 is 1.50 bits per heavy atom. The minimum atomic E-state index is -0.440. The Morgan fingerprint density at radius 2 is 2.17 bits per heavy atom. The predicted molar refractivity (Wildman–Crippen MR) is 71.7 cm³/mol. The van der Waals surface area contributed by atoms with E-state index < -0.39 is 11.4 Å². The number of halogens is 1. The number of rotatable bonds is 5. The summed E-state index contributed by atoms with van der Waals surface area (Å²) >= 11 is 3.94. The Labute approximate surface area is 112 Å². The van der Waals surface area contributed by atoms with Gasteiger partial charge in [0.1, 0.15) is 5.82 Å². The lowest BCUT2D eigenvalue weighted by atomic mass is 10.1. The van der Waals surface area contributed by atoms with Crippen LogP contribution < -0.4 is 5.32 Å².